The number of aliphatic hydroxyl groups excluding tert-OH is 1. The van der Waals surface area contributed by atoms with Gasteiger partial charge in [0.2, 0.25) is 0 Å². The summed E-state index contributed by atoms with van der Waals surface area (Å²) in [6.45, 7) is 3.27. The topological polar surface area (TPSA) is 29.5 Å². The minimum Gasteiger partial charge on any atom is -0.384 e. The Kier molecular flexibility index (Phi) is 4.55. The van der Waals surface area contributed by atoms with Crippen molar-refractivity contribution >= 4 is 11.3 Å². The van der Waals surface area contributed by atoms with E-state index in [1.54, 1.807) is 11.3 Å². The normalized spacial score (nSPS) is 9.38. The van der Waals surface area contributed by atoms with Gasteiger partial charge in [-0.1, -0.05) is 11.8 Å². The third-order valence-electron chi connectivity index (χ3n) is 1.40. The predicted octanol–water partition coefficient (Wildman–Crippen LogP) is 1.63. The Morgan fingerprint density at radius 1 is 1.54 bits per heavy atom. The van der Waals surface area contributed by atoms with Crippen LogP contribution in [0.3, 0.4) is 0 Å². The standard InChI is InChI=1S/C10H12O2S/c1-2-12-8-10-6-5-9(13-10)4-3-7-11/h5-6,11H,2,7-8H2,1H3. The molecule has 13 heavy (non-hydrogen) atoms. The number of ether oxygens (including phenoxy) is 1. The fourth-order valence-electron chi connectivity index (χ4n) is 0.852. The zero-order valence-corrected chi connectivity index (χ0v) is 8.36. The average Bonchev–Trinajstić information content (AvgIpc) is 2.59. The average molecular weight is 196 g/mol. The molecular weight excluding hydrogens is 184 g/mol. The summed E-state index contributed by atoms with van der Waals surface area (Å²) in [4.78, 5) is 2.15. The van der Waals surface area contributed by atoms with Crippen molar-refractivity contribution < 1.29 is 9.84 Å². The van der Waals surface area contributed by atoms with Gasteiger partial charge in [-0.2, -0.15) is 0 Å². The molecule has 1 N–H and O–H groups in total. The molecular formula is C10H12O2S. The number of rotatable bonds is 3. The van der Waals surface area contributed by atoms with Crippen molar-refractivity contribution in [3.05, 3.63) is 21.9 Å². The Morgan fingerprint density at radius 2 is 2.38 bits per heavy atom. The number of hydrogen-bond acceptors (Lipinski definition) is 3. The number of aliphatic hydroxyl groups is 1. The summed E-state index contributed by atoms with van der Waals surface area (Å²) in [5, 5.41) is 8.48. The van der Waals surface area contributed by atoms with Gasteiger partial charge in [-0.3, -0.25) is 0 Å². The van der Waals surface area contributed by atoms with Crippen LogP contribution in [0.4, 0.5) is 0 Å². The molecule has 1 heterocycles. The van der Waals surface area contributed by atoms with Crippen LogP contribution in [-0.4, -0.2) is 18.3 Å². The molecule has 2 nitrogen and oxygen atoms in total. The molecule has 70 valence electrons. The number of hydrogen-bond donors (Lipinski definition) is 1. The predicted molar refractivity (Wildman–Crippen MR) is 53.6 cm³/mol. The van der Waals surface area contributed by atoms with Crippen LogP contribution in [0.15, 0.2) is 12.1 Å². The summed E-state index contributed by atoms with van der Waals surface area (Å²) in [6.07, 6.45) is 0. The van der Waals surface area contributed by atoms with E-state index in [9.17, 15) is 0 Å². The molecule has 0 bridgehead atoms. The highest BCUT2D eigenvalue weighted by molar-refractivity contribution is 7.12. The number of thiophene rings is 1. The maximum Gasteiger partial charge on any atom is 0.104 e. The van der Waals surface area contributed by atoms with Crippen LogP contribution >= 0.6 is 11.3 Å². The van der Waals surface area contributed by atoms with E-state index in [0.29, 0.717) is 6.61 Å². The highest BCUT2D eigenvalue weighted by Gasteiger charge is 1.96. The Labute approximate surface area is 82.2 Å². The molecule has 3 heteroatoms. The molecule has 0 saturated heterocycles. The van der Waals surface area contributed by atoms with Crippen LogP contribution in [0, 0.1) is 11.8 Å². The van der Waals surface area contributed by atoms with Gasteiger partial charge in [0.25, 0.3) is 0 Å². The lowest BCUT2D eigenvalue weighted by molar-refractivity contribution is 0.136. The second-order valence-electron chi connectivity index (χ2n) is 2.36. The van der Waals surface area contributed by atoms with E-state index in [1.165, 1.54) is 4.88 Å². The minimum absolute atomic E-state index is 0.0846. The van der Waals surface area contributed by atoms with Crippen molar-refractivity contribution in [2.24, 2.45) is 0 Å². The molecule has 0 fully saturated rings. The fraction of sp³-hybridized carbons (Fsp3) is 0.400. The lowest BCUT2D eigenvalue weighted by Crippen LogP contribution is -1.87. The first-order valence-corrected chi connectivity index (χ1v) is 4.94. The summed E-state index contributed by atoms with van der Waals surface area (Å²) >= 11 is 1.60. The fourth-order valence-corrected chi connectivity index (χ4v) is 1.67. The van der Waals surface area contributed by atoms with Gasteiger partial charge in [0.1, 0.15) is 6.61 Å². The van der Waals surface area contributed by atoms with Crippen LogP contribution in [0.5, 0.6) is 0 Å². The second-order valence-corrected chi connectivity index (χ2v) is 3.53. The Morgan fingerprint density at radius 3 is 3.08 bits per heavy atom. The first-order chi connectivity index (χ1) is 6.36. The summed E-state index contributed by atoms with van der Waals surface area (Å²) in [5.74, 6) is 5.46. The first-order valence-electron chi connectivity index (χ1n) is 4.13. The highest BCUT2D eigenvalue weighted by Crippen LogP contribution is 2.15. The van der Waals surface area contributed by atoms with Gasteiger partial charge in [0.05, 0.1) is 11.5 Å². The molecule has 0 atom stereocenters. The van der Waals surface area contributed by atoms with Gasteiger partial charge in [0.15, 0.2) is 0 Å². The molecule has 1 rings (SSSR count). The van der Waals surface area contributed by atoms with Crippen LogP contribution < -0.4 is 0 Å². The zero-order chi connectivity index (χ0) is 9.52. The molecule has 0 unspecified atom stereocenters. The van der Waals surface area contributed by atoms with E-state index in [-0.39, 0.29) is 6.61 Å². The van der Waals surface area contributed by atoms with E-state index in [1.807, 2.05) is 19.1 Å². The van der Waals surface area contributed by atoms with Gasteiger partial charge in [-0.05, 0) is 19.1 Å². The largest absolute Gasteiger partial charge is 0.384 e. The van der Waals surface area contributed by atoms with Crippen LogP contribution in [0.25, 0.3) is 0 Å². The maximum atomic E-state index is 8.48. The van der Waals surface area contributed by atoms with Gasteiger partial charge in [-0.25, -0.2) is 0 Å². The molecule has 0 saturated carbocycles. The molecule has 0 spiro atoms. The summed E-state index contributed by atoms with van der Waals surface area (Å²) in [5.41, 5.74) is 0. The van der Waals surface area contributed by atoms with E-state index >= 15 is 0 Å². The summed E-state index contributed by atoms with van der Waals surface area (Å²) in [7, 11) is 0. The first kappa shape index (κ1) is 10.3. The molecule has 1 aromatic rings. The molecule has 1 aromatic heterocycles. The molecule has 0 aliphatic heterocycles. The van der Waals surface area contributed by atoms with Crippen LogP contribution in [0.1, 0.15) is 16.7 Å². The van der Waals surface area contributed by atoms with Gasteiger partial charge in [-0.15, -0.1) is 11.3 Å². The molecule has 0 amide bonds. The third kappa shape index (κ3) is 3.60. The Bertz CT molecular complexity index is 306. The quantitative estimate of drug-likeness (QED) is 0.744. The van der Waals surface area contributed by atoms with Gasteiger partial charge >= 0.3 is 0 Å². The Balaban J connectivity index is 2.53. The van der Waals surface area contributed by atoms with E-state index < -0.39 is 0 Å². The summed E-state index contributed by atoms with van der Waals surface area (Å²) < 4.78 is 5.25. The SMILES string of the molecule is CCOCc1ccc(C#CCO)s1. The van der Waals surface area contributed by atoms with Gasteiger partial charge < -0.3 is 9.84 Å². The monoisotopic (exact) mass is 196 g/mol. The van der Waals surface area contributed by atoms with Crippen molar-refractivity contribution in [3.8, 4) is 11.8 Å². The molecule has 0 radical (unpaired) electrons. The third-order valence-corrected chi connectivity index (χ3v) is 2.37. The van der Waals surface area contributed by atoms with Crippen molar-refractivity contribution in [2.45, 2.75) is 13.5 Å². The maximum absolute atomic E-state index is 8.48. The van der Waals surface area contributed by atoms with Crippen molar-refractivity contribution in [1.82, 2.24) is 0 Å². The van der Waals surface area contributed by atoms with E-state index in [2.05, 4.69) is 11.8 Å². The lowest BCUT2D eigenvalue weighted by Gasteiger charge is -1.94. The molecule has 0 aromatic carbocycles. The lowest BCUT2D eigenvalue weighted by atomic mass is 10.4. The van der Waals surface area contributed by atoms with Crippen molar-refractivity contribution in [1.29, 1.82) is 0 Å². The van der Waals surface area contributed by atoms with E-state index in [0.717, 1.165) is 11.5 Å². The molecule has 0 aliphatic rings. The van der Waals surface area contributed by atoms with Crippen LogP contribution in [-0.2, 0) is 11.3 Å². The molecule has 0 aliphatic carbocycles. The van der Waals surface area contributed by atoms with E-state index in [4.69, 9.17) is 9.84 Å². The van der Waals surface area contributed by atoms with Crippen LogP contribution in [0.2, 0.25) is 0 Å². The minimum atomic E-state index is -0.0846. The Hall–Kier alpha value is -0.820. The van der Waals surface area contributed by atoms with Gasteiger partial charge in [0, 0.05) is 11.5 Å². The van der Waals surface area contributed by atoms with Crippen molar-refractivity contribution in [2.75, 3.05) is 13.2 Å². The highest BCUT2D eigenvalue weighted by atomic mass is 32.1. The second kappa shape index (κ2) is 5.76. The zero-order valence-electron chi connectivity index (χ0n) is 7.54. The smallest absolute Gasteiger partial charge is 0.104 e. The van der Waals surface area contributed by atoms with Crippen molar-refractivity contribution in [3.63, 3.8) is 0 Å². The summed E-state index contributed by atoms with van der Waals surface area (Å²) in [6, 6.07) is 3.95.